The Kier molecular flexibility index (Phi) is 5.68. The first-order valence-corrected chi connectivity index (χ1v) is 9.92. The van der Waals surface area contributed by atoms with Gasteiger partial charge in [-0.25, -0.2) is 5.43 Å². The maximum Gasteiger partial charge on any atom is 0.253 e. The highest BCUT2D eigenvalue weighted by molar-refractivity contribution is 6.31. The topological polar surface area (TPSA) is 83.7 Å². The molecule has 2 amide bonds. The fraction of sp³-hybridized carbons (Fsp3) is 0.174. The van der Waals surface area contributed by atoms with Crippen LogP contribution >= 0.6 is 11.6 Å². The van der Waals surface area contributed by atoms with E-state index in [4.69, 9.17) is 16.0 Å². The van der Waals surface area contributed by atoms with Crippen LogP contribution in [-0.2, 0) is 9.59 Å². The summed E-state index contributed by atoms with van der Waals surface area (Å²) in [5.41, 5.74) is 5.23. The van der Waals surface area contributed by atoms with Gasteiger partial charge in [0.25, 0.3) is 5.91 Å². The zero-order valence-corrected chi connectivity index (χ0v) is 17.0. The van der Waals surface area contributed by atoms with E-state index >= 15 is 0 Å². The Morgan fingerprint density at radius 1 is 1.20 bits per heavy atom. The number of carbonyl (C=O) groups excluding carboxylic acids is 2. The Bertz CT molecular complexity index is 1110. The van der Waals surface area contributed by atoms with Crippen LogP contribution in [0.15, 0.2) is 70.2 Å². The number of hydrogen-bond donors (Lipinski definition) is 2. The molecule has 0 saturated carbocycles. The summed E-state index contributed by atoms with van der Waals surface area (Å²) < 4.78 is 5.74. The number of hydrogen-bond acceptors (Lipinski definition) is 4. The van der Waals surface area contributed by atoms with E-state index in [1.807, 2.05) is 55.5 Å². The van der Waals surface area contributed by atoms with Crippen LogP contribution in [0.5, 0.6) is 0 Å². The number of furan rings is 1. The number of carbonyl (C=O) groups is 2. The van der Waals surface area contributed by atoms with E-state index < -0.39 is 11.8 Å². The van der Waals surface area contributed by atoms with Gasteiger partial charge >= 0.3 is 0 Å². The van der Waals surface area contributed by atoms with Crippen molar-refractivity contribution in [2.75, 3.05) is 6.54 Å². The average molecular weight is 422 g/mol. The Balaban J connectivity index is 1.43. The van der Waals surface area contributed by atoms with Gasteiger partial charge in [0.2, 0.25) is 5.91 Å². The predicted octanol–water partition coefficient (Wildman–Crippen LogP) is 3.89. The first-order chi connectivity index (χ1) is 14.5. The molecule has 30 heavy (non-hydrogen) atoms. The molecule has 7 heteroatoms. The third-order valence-corrected chi connectivity index (χ3v) is 5.55. The van der Waals surface area contributed by atoms with E-state index in [0.29, 0.717) is 23.1 Å². The van der Waals surface area contributed by atoms with Crippen molar-refractivity contribution in [1.29, 1.82) is 0 Å². The van der Waals surface area contributed by atoms with Crippen molar-refractivity contribution in [2.24, 2.45) is 11.0 Å². The maximum atomic E-state index is 12.6. The molecule has 2 unspecified atom stereocenters. The summed E-state index contributed by atoms with van der Waals surface area (Å²) in [4.78, 5) is 24.8. The Hall–Kier alpha value is -3.38. The van der Waals surface area contributed by atoms with Crippen molar-refractivity contribution in [1.82, 2.24) is 10.7 Å². The third-order valence-electron chi connectivity index (χ3n) is 5.14. The van der Waals surface area contributed by atoms with Crippen LogP contribution in [-0.4, -0.2) is 24.6 Å². The average Bonchev–Trinajstić information content (AvgIpc) is 3.37. The lowest BCUT2D eigenvalue weighted by Crippen LogP contribution is -2.34. The fourth-order valence-electron chi connectivity index (χ4n) is 3.49. The number of nitrogens with zero attached hydrogens (tertiary/aromatic N) is 1. The van der Waals surface area contributed by atoms with E-state index in [1.165, 1.54) is 6.21 Å². The highest BCUT2D eigenvalue weighted by Crippen LogP contribution is 2.29. The van der Waals surface area contributed by atoms with Crippen LogP contribution in [0, 0.1) is 12.8 Å². The van der Waals surface area contributed by atoms with Gasteiger partial charge in [-0.05, 0) is 36.2 Å². The second-order valence-corrected chi connectivity index (χ2v) is 7.55. The van der Waals surface area contributed by atoms with Crippen LogP contribution in [0.1, 0.15) is 22.8 Å². The molecule has 2 heterocycles. The zero-order chi connectivity index (χ0) is 21.1. The number of hydrazone groups is 1. The highest BCUT2D eigenvalue weighted by atomic mass is 35.5. The number of halogens is 1. The smallest absolute Gasteiger partial charge is 0.253 e. The highest BCUT2D eigenvalue weighted by Gasteiger charge is 2.40. The van der Waals surface area contributed by atoms with Crippen molar-refractivity contribution in [2.45, 2.75) is 12.8 Å². The van der Waals surface area contributed by atoms with Crippen LogP contribution in [0.25, 0.3) is 11.3 Å². The number of benzene rings is 2. The van der Waals surface area contributed by atoms with E-state index in [-0.39, 0.29) is 11.8 Å². The summed E-state index contributed by atoms with van der Waals surface area (Å²) in [7, 11) is 0. The molecule has 0 bridgehead atoms. The number of rotatable bonds is 5. The van der Waals surface area contributed by atoms with Gasteiger partial charge in [-0.2, -0.15) is 5.10 Å². The summed E-state index contributed by atoms with van der Waals surface area (Å²) in [5, 5.41) is 7.38. The summed E-state index contributed by atoms with van der Waals surface area (Å²) in [6.45, 7) is 2.35. The Morgan fingerprint density at radius 2 is 2.00 bits per heavy atom. The molecular formula is C23H20ClN3O3. The van der Waals surface area contributed by atoms with Crippen molar-refractivity contribution >= 4 is 29.6 Å². The molecule has 0 aliphatic carbocycles. The van der Waals surface area contributed by atoms with Gasteiger partial charge in [0, 0.05) is 23.0 Å². The first-order valence-electron chi connectivity index (χ1n) is 9.55. The maximum absolute atomic E-state index is 12.6. The molecule has 0 radical (unpaired) electrons. The summed E-state index contributed by atoms with van der Waals surface area (Å²) >= 11 is 6.17. The molecule has 1 aliphatic rings. The van der Waals surface area contributed by atoms with Gasteiger partial charge in [-0.1, -0.05) is 54.1 Å². The molecule has 2 atom stereocenters. The van der Waals surface area contributed by atoms with Crippen LogP contribution in [0.4, 0.5) is 0 Å². The molecule has 1 aliphatic heterocycles. The van der Waals surface area contributed by atoms with Crippen LogP contribution in [0.3, 0.4) is 0 Å². The molecule has 6 nitrogen and oxygen atoms in total. The minimum Gasteiger partial charge on any atom is -0.455 e. The minimum absolute atomic E-state index is 0.226. The second-order valence-electron chi connectivity index (χ2n) is 7.14. The Labute approximate surface area is 178 Å². The summed E-state index contributed by atoms with van der Waals surface area (Å²) in [6, 6.07) is 18.7. The molecular weight excluding hydrogens is 402 g/mol. The largest absolute Gasteiger partial charge is 0.455 e. The predicted molar refractivity (Wildman–Crippen MR) is 115 cm³/mol. The zero-order valence-electron chi connectivity index (χ0n) is 16.3. The number of aryl methyl sites for hydroxylation is 1. The summed E-state index contributed by atoms with van der Waals surface area (Å²) in [5.74, 6) is -0.691. The quantitative estimate of drug-likeness (QED) is 0.372. The van der Waals surface area contributed by atoms with Crippen molar-refractivity contribution < 1.29 is 14.0 Å². The fourth-order valence-corrected chi connectivity index (χ4v) is 3.67. The molecule has 1 fully saturated rings. The van der Waals surface area contributed by atoms with Gasteiger partial charge < -0.3 is 9.73 Å². The lowest BCUT2D eigenvalue weighted by molar-refractivity contribution is -0.133. The van der Waals surface area contributed by atoms with Gasteiger partial charge in [0.05, 0.1) is 6.21 Å². The molecule has 1 saturated heterocycles. The lowest BCUT2D eigenvalue weighted by Gasteiger charge is -2.15. The minimum atomic E-state index is -0.827. The SMILES string of the molecule is Cc1ccc(-c2ccc(C=NNC(=O)C3C(=O)NCC3c3ccccc3)o2)cc1Cl. The van der Waals surface area contributed by atoms with Crippen molar-refractivity contribution in [3.05, 3.63) is 82.6 Å². The molecule has 4 rings (SSSR count). The van der Waals surface area contributed by atoms with E-state index in [1.54, 1.807) is 12.1 Å². The van der Waals surface area contributed by atoms with Gasteiger partial charge in [-0.3, -0.25) is 9.59 Å². The van der Waals surface area contributed by atoms with Crippen molar-refractivity contribution in [3.63, 3.8) is 0 Å². The van der Waals surface area contributed by atoms with Gasteiger partial charge in [0.1, 0.15) is 17.4 Å². The number of nitrogens with one attached hydrogen (secondary N) is 2. The molecule has 152 valence electrons. The monoisotopic (exact) mass is 421 g/mol. The molecule has 1 aromatic heterocycles. The normalized spacial score (nSPS) is 18.5. The first kappa shape index (κ1) is 19.9. The molecule has 2 aromatic carbocycles. The van der Waals surface area contributed by atoms with E-state index in [0.717, 1.165) is 16.7 Å². The number of amides is 2. The van der Waals surface area contributed by atoms with Crippen molar-refractivity contribution in [3.8, 4) is 11.3 Å². The summed E-state index contributed by atoms with van der Waals surface area (Å²) in [6.07, 6.45) is 1.40. The second kappa shape index (κ2) is 8.55. The Morgan fingerprint density at radius 3 is 2.77 bits per heavy atom. The molecule has 0 spiro atoms. The van der Waals surface area contributed by atoms with Crippen LogP contribution in [0.2, 0.25) is 5.02 Å². The van der Waals surface area contributed by atoms with E-state index in [2.05, 4.69) is 15.8 Å². The van der Waals surface area contributed by atoms with Crippen LogP contribution < -0.4 is 10.7 Å². The lowest BCUT2D eigenvalue weighted by atomic mass is 9.88. The molecule has 2 N–H and O–H groups in total. The van der Waals surface area contributed by atoms with Gasteiger partial charge in [-0.15, -0.1) is 0 Å². The van der Waals surface area contributed by atoms with Gasteiger partial charge in [0.15, 0.2) is 0 Å². The standard InChI is InChI=1S/C23H20ClN3O3/c1-14-7-8-16(11-19(14)24)20-10-9-17(30-20)12-26-27-23(29)21-18(13-25-22(21)28)15-5-3-2-4-6-15/h2-12,18,21H,13H2,1H3,(H,25,28)(H,27,29). The van der Waals surface area contributed by atoms with E-state index in [9.17, 15) is 9.59 Å². The third kappa shape index (κ3) is 4.14. The molecule has 3 aromatic rings.